The van der Waals surface area contributed by atoms with Gasteiger partial charge in [0, 0.05) is 17.8 Å². The Morgan fingerprint density at radius 2 is 2.00 bits per heavy atom. The molecule has 0 atom stereocenters. The molecule has 1 aromatic carbocycles. The van der Waals surface area contributed by atoms with Crippen molar-refractivity contribution in [3.63, 3.8) is 0 Å². The number of ether oxygens (including phenoxy) is 1. The van der Waals surface area contributed by atoms with E-state index in [2.05, 4.69) is 0 Å². The Morgan fingerprint density at radius 3 is 2.54 bits per heavy atom. The maximum absolute atomic E-state index is 8.82. The van der Waals surface area contributed by atoms with Crippen LogP contribution in [0.2, 0.25) is 0 Å². The summed E-state index contributed by atoms with van der Waals surface area (Å²) in [6, 6.07) is 7.92. The molecule has 2 nitrogen and oxygen atoms in total. The molecule has 0 unspecified atom stereocenters. The molecule has 0 saturated heterocycles. The van der Waals surface area contributed by atoms with Crippen molar-refractivity contribution in [3.8, 4) is 0 Å². The van der Waals surface area contributed by atoms with Crippen molar-refractivity contribution < 1.29 is 9.84 Å². The first-order valence-corrected chi connectivity index (χ1v) is 5.17. The summed E-state index contributed by atoms with van der Waals surface area (Å²) in [5.41, 5.74) is 0.955. The number of rotatable bonds is 5. The summed E-state index contributed by atoms with van der Waals surface area (Å²) in [6.45, 7) is 0.884. The smallest absolute Gasteiger partial charge is 0.0681 e. The van der Waals surface area contributed by atoms with Crippen LogP contribution in [0.4, 0.5) is 0 Å². The zero-order valence-corrected chi connectivity index (χ0v) is 8.51. The number of methoxy groups -OCH3 is 1. The maximum atomic E-state index is 8.82. The summed E-state index contributed by atoms with van der Waals surface area (Å²) in [6.07, 6.45) is 0. The molecule has 0 aliphatic rings. The highest BCUT2D eigenvalue weighted by molar-refractivity contribution is 7.99. The molecule has 0 bridgehead atoms. The monoisotopic (exact) mass is 198 g/mol. The highest BCUT2D eigenvalue weighted by Gasteiger charge is 1.94. The molecule has 3 heteroatoms. The minimum Gasteiger partial charge on any atom is -0.392 e. The number of aliphatic hydroxyl groups excluding tert-OH is 1. The van der Waals surface area contributed by atoms with Gasteiger partial charge in [0.25, 0.3) is 0 Å². The van der Waals surface area contributed by atoms with Crippen LogP contribution in [0.1, 0.15) is 5.56 Å². The van der Waals surface area contributed by atoms with Gasteiger partial charge in [-0.3, -0.25) is 0 Å². The summed E-state index contributed by atoms with van der Waals surface area (Å²) in [4.78, 5) is 1.22. The van der Waals surface area contributed by atoms with Crippen LogP contribution in [0.3, 0.4) is 0 Å². The van der Waals surface area contributed by atoms with Crippen LogP contribution < -0.4 is 0 Å². The summed E-state index contributed by atoms with van der Waals surface area (Å²) in [5, 5.41) is 8.82. The van der Waals surface area contributed by atoms with Gasteiger partial charge in [-0.2, -0.15) is 0 Å². The zero-order chi connectivity index (χ0) is 9.52. The largest absolute Gasteiger partial charge is 0.392 e. The lowest BCUT2D eigenvalue weighted by molar-refractivity contribution is 0.218. The van der Waals surface area contributed by atoms with Crippen molar-refractivity contribution in [1.82, 2.24) is 0 Å². The molecule has 0 aromatic heterocycles. The average Bonchev–Trinajstić information content (AvgIpc) is 2.19. The third-order valence-electron chi connectivity index (χ3n) is 1.66. The molecule has 0 aliphatic heterocycles. The van der Waals surface area contributed by atoms with Crippen molar-refractivity contribution in [1.29, 1.82) is 0 Å². The van der Waals surface area contributed by atoms with E-state index in [1.807, 2.05) is 24.3 Å². The van der Waals surface area contributed by atoms with Crippen molar-refractivity contribution in [2.45, 2.75) is 11.5 Å². The standard InChI is InChI=1S/C10H14O2S/c1-12-6-7-13-10-4-2-9(8-11)3-5-10/h2-5,11H,6-8H2,1H3. The molecular formula is C10H14O2S. The van der Waals surface area contributed by atoms with Crippen LogP contribution in [0, 0.1) is 0 Å². The summed E-state index contributed by atoms with van der Waals surface area (Å²) < 4.78 is 4.95. The number of hydrogen-bond donors (Lipinski definition) is 1. The predicted molar refractivity (Wildman–Crippen MR) is 55.0 cm³/mol. The Morgan fingerprint density at radius 1 is 1.31 bits per heavy atom. The molecule has 0 heterocycles. The fraction of sp³-hybridized carbons (Fsp3) is 0.400. The Labute approximate surface area is 82.9 Å². The summed E-state index contributed by atoms with van der Waals surface area (Å²) >= 11 is 1.76. The van der Waals surface area contributed by atoms with Crippen LogP contribution in [-0.2, 0) is 11.3 Å². The van der Waals surface area contributed by atoms with Gasteiger partial charge in [0.2, 0.25) is 0 Å². The van der Waals surface area contributed by atoms with Crippen LogP contribution >= 0.6 is 11.8 Å². The Hall–Kier alpha value is -0.510. The molecule has 13 heavy (non-hydrogen) atoms. The lowest BCUT2D eigenvalue weighted by Crippen LogP contribution is -1.91. The second-order valence-corrected chi connectivity index (χ2v) is 3.81. The van der Waals surface area contributed by atoms with E-state index in [1.165, 1.54) is 4.90 Å². The number of benzene rings is 1. The van der Waals surface area contributed by atoms with E-state index in [0.717, 1.165) is 17.9 Å². The normalized spacial score (nSPS) is 10.3. The third kappa shape index (κ3) is 3.81. The first-order chi connectivity index (χ1) is 6.36. The Kier molecular flexibility index (Phi) is 4.90. The molecule has 1 aromatic rings. The second kappa shape index (κ2) is 6.02. The van der Waals surface area contributed by atoms with Crippen LogP contribution in [0.25, 0.3) is 0 Å². The number of aliphatic hydroxyl groups is 1. The second-order valence-electron chi connectivity index (χ2n) is 2.64. The van der Waals surface area contributed by atoms with E-state index in [1.54, 1.807) is 18.9 Å². The summed E-state index contributed by atoms with van der Waals surface area (Å²) in [5.74, 6) is 0.967. The van der Waals surface area contributed by atoms with Crippen molar-refractivity contribution >= 4 is 11.8 Å². The molecule has 0 amide bonds. The summed E-state index contributed by atoms with van der Waals surface area (Å²) in [7, 11) is 1.70. The fourth-order valence-electron chi connectivity index (χ4n) is 0.934. The Balaban J connectivity index is 2.40. The minimum atomic E-state index is 0.114. The van der Waals surface area contributed by atoms with Gasteiger partial charge >= 0.3 is 0 Å². The number of thioether (sulfide) groups is 1. The van der Waals surface area contributed by atoms with E-state index in [4.69, 9.17) is 9.84 Å². The van der Waals surface area contributed by atoms with Crippen LogP contribution in [0.5, 0.6) is 0 Å². The average molecular weight is 198 g/mol. The molecule has 0 aliphatic carbocycles. The maximum Gasteiger partial charge on any atom is 0.0681 e. The first-order valence-electron chi connectivity index (χ1n) is 4.18. The van der Waals surface area contributed by atoms with Crippen LogP contribution in [0.15, 0.2) is 29.2 Å². The fourth-order valence-corrected chi connectivity index (χ4v) is 1.75. The van der Waals surface area contributed by atoms with Crippen LogP contribution in [-0.4, -0.2) is 24.6 Å². The third-order valence-corrected chi connectivity index (χ3v) is 2.64. The molecule has 0 spiro atoms. The van der Waals surface area contributed by atoms with E-state index in [0.29, 0.717) is 0 Å². The quantitative estimate of drug-likeness (QED) is 0.579. The SMILES string of the molecule is COCCSc1ccc(CO)cc1. The topological polar surface area (TPSA) is 29.5 Å². The molecule has 1 rings (SSSR count). The van der Waals surface area contributed by atoms with Gasteiger partial charge in [0.15, 0.2) is 0 Å². The van der Waals surface area contributed by atoms with E-state index in [9.17, 15) is 0 Å². The molecule has 0 fully saturated rings. The minimum absolute atomic E-state index is 0.114. The zero-order valence-electron chi connectivity index (χ0n) is 7.69. The predicted octanol–water partition coefficient (Wildman–Crippen LogP) is 1.92. The Bertz CT molecular complexity index is 233. The van der Waals surface area contributed by atoms with E-state index < -0.39 is 0 Å². The van der Waals surface area contributed by atoms with E-state index >= 15 is 0 Å². The van der Waals surface area contributed by atoms with Crippen molar-refractivity contribution in [3.05, 3.63) is 29.8 Å². The van der Waals surface area contributed by atoms with Gasteiger partial charge in [-0.25, -0.2) is 0 Å². The highest BCUT2D eigenvalue weighted by Crippen LogP contribution is 2.17. The van der Waals surface area contributed by atoms with Gasteiger partial charge in [-0.05, 0) is 17.7 Å². The molecular weight excluding hydrogens is 184 g/mol. The van der Waals surface area contributed by atoms with Gasteiger partial charge in [0.05, 0.1) is 13.2 Å². The number of hydrogen-bond acceptors (Lipinski definition) is 3. The van der Waals surface area contributed by atoms with E-state index in [-0.39, 0.29) is 6.61 Å². The van der Waals surface area contributed by atoms with Gasteiger partial charge in [-0.15, -0.1) is 11.8 Å². The lowest BCUT2D eigenvalue weighted by atomic mass is 10.2. The molecule has 1 N–H and O–H groups in total. The molecule has 72 valence electrons. The molecule has 0 radical (unpaired) electrons. The van der Waals surface area contributed by atoms with Gasteiger partial charge in [0.1, 0.15) is 0 Å². The molecule has 0 saturated carbocycles. The highest BCUT2D eigenvalue weighted by atomic mass is 32.2. The lowest BCUT2D eigenvalue weighted by Gasteiger charge is -2.01. The first kappa shape index (κ1) is 10.6. The van der Waals surface area contributed by atoms with Crippen molar-refractivity contribution in [2.75, 3.05) is 19.5 Å². The van der Waals surface area contributed by atoms with Gasteiger partial charge < -0.3 is 9.84 Å². The van der Waals surface area contributed by atoms with Crippen molar-refractivity contribution in [2.24, 2.45) is 0 Å². The van der Waals surface area contributed by atoms with Gasteiger partial charge in [-0.1, -0.05) is 12.1 Å².